The Morgan fingerprint density at radius 3 is 2.42 bits per heavy atom. The molecule has 0 bridgehead atoms. The van der Waals surface area contributed by atoms with Crippen molar-refractivity contribution in [1.29, 1.82) is 0 Å². The van der Waals surface area contributed by atoms with E-state index >= 15 is 0 Å². The first-order valence-electron chi connectivity index (χ1n) is 9.02. The van der Waals surface area contributed by atoms with Crippen molar-refractivity contribution in [3.8, 4) is 0 Å². The van der Waals surface area contributed by atoms with Gasteiger partial charge in [-0.15, -0.1) is 0 Å². The number of hydrogen-bond donors (Lipinski definition) is 0. The Bertz CT molecular complexity index is 926. The Morgan fingerprint density at radius 2 is 1.65 bits per heavy atom. The molecule has 0 N–H and O–H groups in total. The third-order valence-corrected chi connectivity index (χ3v) is 7.01. The molecule has 0 saturated carbocycles. The van der Waals surface area contributed by atoms with Crippen molar-refractivity contribution in [3.63, 3.8) is 0 Å². The van der Waals surface area contributed by atoms with Crippen molar-refractivity contribution in [2.45, 2.75) is 13.0 Å². The fourth-order valence-electron chi connectivity index (χ4n) is 3.56. The van der Waals surface area contributed by atoms with E-state index in [9.17, 15) is 9.18 Å². The Kier molecular flexibility index (Phi) is 5.25. The van der Waals surface area contributed by atoms with Gasteiger partial charge >= 0.3 is 148 Å². The summed E-state index contributed by atoms with van der Waals surface area (Å²) in [5, 5.41) is 0. The molecule has 1 saturated heterocycles. The van der Waals surface area contributed by atoms with E-state index < -0.39 is 0 Å². The van der Waals surface area contributed by atoms with Gasteiger partial charge in [-0.2, -0.15) is 0 Å². The zero-order valence-corrected chi connectivity index (χ0v) is 16.3. The Hall–Kier alpha value is -1.88. The monoisotopic (exact) mass is 419 g/mol. The van der Waals surface area contributed by atoms with E-state index in [-0.39, 0.29) is 24.8 Å². The second-order valence-corrected chi connectivity index (χ2v) is 8.73. The van der Waals surface area contributed by atoms with Crippen LogP contribution in [0.2, 0.25) is 0 Å². The van der Waals surface area contributed by atoms with Gasteiger partial charge in [-0.3, -0.25) is 0 Å². The van der Waals surface area contributed by atoms with Gasteiger partial charge < -0.3 is 0 Å². The second-order valence-electron chi connectivity index (χ2n) is 6.65. The minimum atomic E-state index is -0.188. The van der Waals surface area contributed by atoms with Crippen molar-refractivity contribution >= 4 is 30.0 Å². The fourth-order valence-corrected chi connectivity index (χ4v) is 5.48. The number of benzene rings is 2. The van der Waals surface area contributed by atoms with Crippen LogP contribution in [0.15, 0.2) is 53.3 Å². The van der Waals surface area contributed by atoms with Crippen LogP contribution in [0.5, 0.6) is 0 Å². The minimum absolute atomic E-state index is 0.0582. The van der Waals surface area contributed by atoms with Crippen LogP contribution in [-0.4, -0.2) is 56.7 Å². The molecule has 1 aliphatic rings. The summed E-state index contributed by atoms with van der Waals surface area (Å²) in [5.74, 6) is -0.188. The van der Waals surface area contributed by atoms with Crippen molar-refractivity contribution < 1.29 is 4.39 Å². The third kappa shape index (κ3) is 3.78. The van der Waals surface area contributed by atoms with Crippen molar-refractivity contribution in [3.05, 3.63) is 63.6 Å². The first-order chi connectivity index (χ1) is 12.7. The third-order valence-electron chi connectivity index (χ3n) is 4.99. The van der Waals surface area contributed by atoms with Crippen molar-refractivity contribution in [2.24, 2.45) is 0 Å². The van der Waals surface area contributed by atoms with Gasteiger partial charge in [0, 0.05) is 0 Å². The normalized spacial score (nSPS) is 15.7. The summed E-state index contributed by atoms with van der Waals surface area (Å²) in [6.07, 6.45) is 0.993. The summed E-state index contributed by atoms with van der Waals surface area (Å²) in [6, 6.07) is 14.9. The van der Waals surface area contributed by atoms with Crippen molar-refractivity contribution in [2.75, 3.05) is 37.6 Å². The number of rotatable bonds is 5. The number of hydrogen-bond acceptors (Lipinski definition) is 3. The van der Waals surface area contributed by atoms with E-state index in [1.807, 2.05) is 28.8 Å². The standard InChI is InChI=1S/C20H22FN3OSe/c21-16-6-8-17(9-7-16)23-14-12-22(13-15-23)10-3-11-24-18-4-1-2-5-19(18)26-20(24)25/h1-2,4-9H,3,10-15H2. The van der Waals surface area contributed by atoms with E-state index in [4.69, 9.17) is 0 Å². The van der Waals surface area contributed by atoms with Crippen LogP contribution >= 0.6 is 0 Å². The molecule has 0 amide bonds. The summed E-state index contributed by atoms with van der Waals surface area (Å²) < 4.78 is 16.5. The maximum atomic E-state index is 13.1. The molecular weight excluding hydrogens is 396 g/mol. The van der Waals surface area contributed by atoms with E-state index in [0.29, 0.717) is 0 Å². The van der Waals surface area contributed by atoms with E-state index in [2.05, 4.69) is 21.9 Å². The van der Waals surface area contributed by atoms with Gasteiger partial charge in [-0.1, -0.05) is 0 Å². The van der Waals surface area contributed by atoms with Crippen LogP contribution in [0.3, 0.4) is 0 Å². The molecule has 1 aromatic heterocycles. The molecule has 2 heterocycles. The summed E-state index contributed by atoms with van der Waals surface area (Å²) >= 11 is -0.0582. The molecule has 0 spiro atoms. The Balaban J connectivity index is 1.29. The number of aromatic nitrogens is 1. The van der Waals surface area contributed by atoms with E-state index in [1.165, 1.54) is 16.4 Å². The van der Waals surface area contributed by atoms with Crippen LogP contribution in [-0.2, 0) is 6.54 Å². The number of para-hydroxylation sites is 1. The molecule has 0 aliphatic carbocycles. The molecule has 0 atom stereocenters. The van der Waals surface area contributed by atoms with Crippen LogP contribution in [0, 0.1) is 5.82 Å². The van der Waals surface area contributed by atoms with Gasteiger partial charge in [0.25, 0.3) is 0 Å². The molecule has 136 valence electrons. The van der Waals surface area contributed by atoms with Gasteiger partial charge in [-0.05, 0) is 0 Å². The molecule has 3 aromatic rings. The second kappa shape index (κ2) is 7.78. The molecular formula is C20H22FN3OSe. The molecule has 1 fully saturated rings. The number of aryl methyl sites for hydroxylation is 1. The summed E-state index contributed by atoms with van der Waals surface area (Å²) in [4.78, 5) is 17.0. The number of fused-ring (bicyclic) bond motifs is 1. The maximum absolute atomic E-state index is 13.1. The molecule has 4 rings (SSSR count). The van der Waals surface area contributed by atoms with Crippen LogP contribution in [0.1, 0.15) is 6.42 Å². The number of piperazine rings is 1. The predicted molar refractivity (Wildman–Crippen MR) is 105 cm³/mol. The first kappa shape index (κ1) is 17.5. The van der Waals surface area contributed by atoms with Gasteiger partial charge in [0.05, 0.1) is 0 Å². The Labute approximate surface area is 158 Å². The Morgan fingerprint density at radius 1 is 0.923 bits per heavy atom. The molecule has 26 heavy (non-hydrogen) atoms. The van der Waals surface area contributed by atoms with Gasteiger partial charge in [0.1, 0.15) is 5.82 Å². The topological polar surface area (TPSA) is 28.5 Å². The van der Waals surface area contributed by atoms with E-state index in [1.54, 1.807) is 0 Å². The number of anilines is 1. The molecule has 6 heteroatoms. The van der Waals surface area contributed by atoms with Crippen LogP contribution in [0.4, 0.5) is 10.1 Å². The average Bonchev–Trinajstić information content (AvgIpc) is 2.99. The van der Waals surface area contributed by atoms with Gasteiger partial charge in [-0.25, -0.2) is 4.39 Å². The summed E-state index contributed by atoms with van der Waals surface area (Å²) in [5.41, 5.74) is 2.20. The molecule has 4 nitrogen and oxygen atoms in total. The van der Waals surface area contributed by atoms with Gasteiger partial charge in [0.15, 0.2) is 0 Å². The molecule has 2 aromatic carbocycles. The SMILES string of the molecule is O=c1[se]c2ccccc2n1CCCN1CCN(c2ccc(F)cc2)CC1. The molecule has 1 aliphatic heterocycles. The van der Waals surface area contributed by atoms with Crippen LogP contribution < -0.4 is 9.33 Å². The first-order valence-corrected chi connectivity index (χ1v) is 10.7. The summed E-state index contributed by atoms with van der Waals surface area (Å²) in [6.45, 7) is 5.74. The quantitative estimate of drug-likeness (QED) is 0.596. The van der Waals surface area contributed by atoms with Gasteiger partial charge in [0.2, 0.25) is 0 Å². The predicted octanol–water partition coefficient (Wildman–Crippen LogP) is 2.41. The number of halogens is 1. The zero-order chi connectivity index (χ0) is 17.9. The average molecular weight is 418 g/mol. The zero-order valence-electron chi connectivity index (χ0n) is 14.6. The molecule has 0 radical (unpaired) electrons. The number of nitrogens with zero attached hydrogens (tertiary/aromatic N) is 3. The fraction of sp³-hybridized carbons (Fsp3) is 0.350. The van der Waals surface area contributed by atoms with Crippen molar-refractivity contribution in [1.82, 2.24) is 9.47 Å². The molecule has 0 unspecified atom stereocenters. The summed E-state index contributed by atoms with van der Waals surface area (Å²) in [7, 11) is 0. The van der Waals surface area contributed by atoms with Crippen LogP contribution in [0.25, 0.3) is 9.78 Å². The van der Waals surface area contributed by atoms with E-state index in [0.717, 1.165) is 56.9 Å².